The van der Waals surface area contributed by atoms with E-state index in [0.717, 1.165) is 23.1 Å². The molecule has 0 saturated heterocycles. The lowest BCUT2D eigenvalue weighted by Gasteiger charge is -2.35. The number of fused-ring (bicyclic) bond motifs is 2. The number of carbonyl (C=O) groups excluding carboxylic acids is 2. The third-order valence-electron chi connectivity index (χ3n) is 8.15. The first kappa shape index (κ1) is 28.5. The minimum atomic E-state index is -0.511. The van der Waals surface area contributed by atoms with E-state index in [4.69, 9.17) is 10.2 Å². The zero-order valence-electron chi connectivity index (χ0n) is 25.4. The molecule has 3 aromatic carbocycles. The van der Waals surface area contributed by atoms with E-state index < -0.39 is 5.41 Å². The summed E-state index contributed by atoms with van der Waals surface area (Å²) in [5.41, 5.74) is 4.43. The Morgan fingerprint density at radius 1 is 0.780 bits per heavy atom. The van der Waals surface area contributed by atoms with Crippen molar-refractivity contribution >= 4 is 22.8 Å². The van der Waals surface area contributed by atoms with E-state index in [-0.39, 0.29) is 28.4 Å². The summed E-state index contributed by atoms with van der Waals surface area (Å²) < 4.78 is 0. The predicted molar refractivity (Wildman–Crippen MR) is 162 cm³/mol. The highest BCUT2D eigenvalue weighted by atomic mass is 16.3. The number of phenols is 1. The Bertz CT molecular complexity index is 1610. The summed E-state index contributed by atoms with van der Waals surface area (Å²) in [4.78, 5) is 28.6. The summed E-state index contributed by atoms with van der Waals surface area (Å²) in [6.45, 7) is 17.7. The quantitative estimate of drug-likeness (QED) is 0.246. The van der Waals surface area contributed by atoms with Crippen molar-refractivity contribution in [1.29, 1.82) is 0 Å². The van der Waals surface area contributed by atoms with Crippen LogP contribution in [0.15, 0.2) is 54.6 Å². The number of phenolic OH excluding ortho intramolecular Hbond substituents is 1. The van der Waals surface area contributed by atoms with Crippen molar-refractivity contribution in [2.75, 3.05) is 6.54 Å². The Balaban J connectivity index is 1.70. The second kappa shape index (κ2) is 9.82. The third-order valence-corrected chi connectivity index (χ3v) is 8.15. The predicted octanol–water partition coefficient (Wildman–Crippen LogP) is 7.17. The molecular weight excluding hydrogens is 512 g/mol. The van der Waals surface area contributed by atoms with Crippen LogP contribution in [0.1, 0.15) is 106 Å². The lowest BCUT2D eigenvalue weighted by atomic mass is 9.70. The lowest BCUT2D eigenvalue weighted by molar-refractivity contribution is 0.0654. The molecule has 4 aromatic rings. The number of carbonyl (C=O) groups is 2. The van der Waals surface area contributed by atoms with E-state index in [9.17, 15) is 14.7 Å². The van der Waals surface area contributed by atoms with Crippen molar-refractivity contribution in [3.8, 4) is 11.4 Å². The summed E-state index contributed by atoms with van der Waals surface area (Å²) >= 11 is 0. The Morgan fingerprint density at radius 2 is 1.34 bits per heavy atom. The molecule has 0 radical (unpaired) electrons. The van der Waals surface area contributed by atoms with Crippen LogP contribution in [0.3, 0.4) is 0 Å². The molecule has 2 amide bonds. The third kappa shape index (κ3) is 5.03. The molecule has 5 rings (SSSR count). The standard InChI is InChI=1S/C34H40N4O3/c1-9-15-37-30(40)23-18-26-27(19-24(23)31(37)41)36-38(35-26)28-17-22(33(5,6)20-32(2,3)4)16-25(29(28)39)34(7,8)21-13-11-10-12-14-21/h10-14,16-19,39H,9,15,20H2,1-8H3. The zero-order valence-corrected chi connectivity index (χ0v) is 25.4. The van der Waals surface area contributed by atoms with Crippen LogP contribution >= 0.6 is 0 Å². The fourth-order valence-corrected chi connectivity index (χ4v) is 6.31. The topological polar surface area (TPSA) is 88.3 Å². The van der Waals surface area contributed by atoms with Gasteiger partial charge in [-0.25, -0.2) is 0 Å². The van der Waals surface area contributed by atoms with Crippen LogP contribution in [0.5, 0.6) is 5.75 Å². The van der Waals surface area contributed by atoms with Gasteiger partial charge in [0.15, 0.2) is 0 Å². The van der Waals surface area contributed by atoms with Crippen LogP contribution in [-0.2, 0) is 10.8 Å². The maximum atomic E-state index is 12.9. The van der Waals surface area contributed by atoms with E-state index in [1.807, 2.05) is 31.2 Å². The molecule has 0 atom stereocenters. The molecule has 0 saturated carbocycles. The van der Waals surface area contributed by atoms with E-state index in [1.54, 1.807) is 12.1 Å². The van der Waals surface area contributed by atoms with Crippen molar-refractivity contribution in [3.05, 3.63) is 82.4 Å². The summed E-state index contributed by atoms with van der Waals surface area (Å²) in [5, 5.41) is 21.2. The molecule has 0 spiro atoms. The summed E-state index contributed by atoms with van der Waals surface area (Å²) in [6, 6.07) is 17.5. The van der Waals surface area contributed by atoms with Crippen LogP contribution in [0.25, 0.3) is 16.7 Å². The van der Waals surface area contributed by atoms with E-state index in [1.165, 1.54) is 9.70 Å². The molecule has 0 aliphatic carbocycles. The van der Waals surface area contributed by atoms with Gasteiger partial charge in [-0.1, -0.05) is 91.8 Å². The molecular formula is C34H40N4O3. The van der Waals surface area contributed by atoms with Crippen LogP contribution in [0.2, 0.25) is 0 Å². The molecule has 2 heterocycles. The van der Waals surface area contributed by atoms with Gasteiger partial charge in [0.05, 0.1) is 11.1 Å². The number of imide groups is 1. The Hall–Kier alpha value is -4.00. The normalized spacial score (nSPS) is 14.3. The highest BCUT2D eigenvalue weighted by Crippen LogP contribution is 2.45. The fourth-order valence-electron chi connectivity index (χ4n) is 6.31. The van der Waals surface area contributed by atoms with Crippen LogP contribution < -0.4 is 0 Å². The Kier molecular flexibility index (Phi) is 6.84. The number of amides is 2. The maximum absolute atomic E-state index is 12.9. The van der Waals surface area contributed by atoms with Gasteiger partial charge in [0, 0.05) is 17.5 Å². The number of aromatic hydroxyl groups is 1. The summed E-state index contributed by atoms with van der Waals surface area (Å²) in [5.74, 6) is -0.503. The number of aromatic nitrogens is 3. The molecule has 0 unspecified atom stereocenters. The molecule has 7 heteroatoms. The molecule has 41 heavy (non-hydrogen) atoms. The van der Waals surface area contributed by atoms with E-state index in [0.29, 0.717) is 40.8 Å². The van der Waals surface area contributed by atoms with Gasteiger partial charge in [-0.2, -0.15) is 0 Å². The van der Waals surface area contributed by atoms with E-state index >= 15 is 0 Å². The molecule has 1 aliphatic rings. The first-order chi connectivity index (χ1) is 19.1. The molecule has 214 valence electrons. The molecule has 1 aliphatic heterocycles. The molecule has 1 N–H and O–H groups in total. The second-order valence-electron chi connectivity index (χ2n) is 13.6. The average Bonchev–Trinajstić information content (AvgIpc) is 3.41. The minimum absolute atomic E-state index is 0.0839. The van der Waals surface area contributed by atoms with Crippen molar-refractivity contribution in [3.63, 3.8) is 0 Å². The van der Waals surface area contributed by atoms with Gasteiger partial charge in [0.25, 0.3) is 11.8 Å². The van der Waals surface area contributed by atoms with Crippen molar-refractivity contribution in [1.82, 2.24) is 19.9 Å². The van der Waals surface area contributed by atoms with Crippen molar-refractivity contribution in [2.24, 2.45) is 5.41 Å². The number of rotatable bonds is 7. The monoisotopic (exact) mass is 552 g/mol. The number of nitrogens with zero attached hydrogens (tertiary/aromatic N) is 4. The summed E-state index contributed by atoms with van der Waals surface area (Å²) in [6.07, 6.45) is 1.62. The molecule has 0 bridgehead atoms. The highest BCUT2D eigenvalue weighted by molar-refractivity contribution is 6.22. The number of benzene rings is 3. The minimum Gasteiger partial charge on any atom is -0.505 e. The lowest BCUT2D eigenvalue weighted by Crippen LogP contribution is -2.30. The fraction of sp³-hybridized carbons (Fsp3) is 0.412. The molecule has 0 fully saturated rings. The Labute approximate surface area is 242 Å². The van der Waals surface area contributed by atoms with Gasteiger partial charge in [0.1, 0.15) is 22.5 Å². The largest absolute Gasteiger partial charge is 0.505 e. The maximum Gasteiger partial charge on any atom is 0.261 e. The first-order valence-corrected chi connectivity index (χ1v) is 14.4. The first-order valence-electron chi connectivity index (χ1n) is 14.4. The van der Waals surface area contributed by atoms with Crippen molar-refractivity contribution < 1.29 is 14.7 Å². The number of hydrogen-bond acceptors (Lipinski definition) is 5. The Morgan fingerprint density at radius 3 is 1.85 bits per heavy atom. The van der Waals surface area contributed by atoms with Crippen LogP contribution in [-0.4, -0.2) is 43.4 Å². The van der Waals surface area contributed by atoms with E-state index in [2.05, 4.69) is 66.7 Å². The average molecular weight is 553 g/mol. The smallest absolute Gasteiger partial charge is 0.261 e. The van der Waals surface area contributed by atoms with Gasteiger partial charge >= 0.3 is 0 Å². The molecule has 1 aromatic heterocycles. The van der Waals surface area contributed by atoms with Gasteiger partial charge < -0.3 is 5.11 Å². The van der Waals surface area contributed by atoms with Crippen molar-refractivity contribution in [2.45, 2.75) is 79.1 Å². The summed E-state index contributed by atoms with van der Waals surface area (Å²) in [7, 11) is 0. The van der Waals surface area contributed by atoms with Gasteiger partial charge in [0.2, 0.25) is 0 Å². The highest BCUT2D eigenvalue weighted by Gasteiger charge is 2.37. The van der Waals surface area contributed by atoms with Gasteiger partial charge in [-0.3, -0.25) is 14.5 Å². The molecule has 7 nitrogen and oxygen atoms in total. The number of hydrogen-bond donors (Lipinski definition) is 1. The van der Waals surface area contributed by atoms with Crippen LogP contribution in [0, 0.1) is 5.41 Å². The van der Waals surface area contributed by atoms with Gasteiger partial charge in [-0.15, -0.1) is 15.0 Å². The zero-order chi connectivity index (χ0) is 29.9. The second-order valence-corrected chi connectivity index (χ2v) is 13.6. The SMILES string of the molecule is CCCN1C(=O)c2cc3nn(-c4cc(C(C)(C)CC(C)(C)C)cc(C(C)(C)c5ccccc5)c4O)nc3cc2C1=O. The van der Waals surface area contributed by atoms with Crippen LogP contribution in [0.4, 0.5) is 0 Å². The van der Waals surface area contributed by atoms with Gasteiger partial charge in [-0.05, 0) is 53.0 Å².